The molecule has 0 aliphatic carbocycles. The first kappa shape index (κ1) is 16.4. The van der Waals surface area contributed by atoms with E-state index in [9.17, 15) is 4.79 Å². The normalized spacial score (nSPS) is 11.8. The Morgan fingerprint density at radius 3 is 2.64 bits per heavy atom. The minimum Gasteiger partial charge on any atom is -0.481 e. The zero-order chi connectivity index (χ0) is 16.1. The van der Waals surface area contributed by atoms with Crippen molar-refractivity contribution in [3.63, 3.8) is 0 Å². The lowest BCUT2D eigenvalue weighted by molar-refractivity contribution is -0.127. The van der Waals surface area contributed by atoms with Gasteiger partial charge in [-0.15, -0.1) is 0 Å². The van der Waals surface area contributed by atoms with Gasteiger partial charge in [0.05, 0.1) is 0 Å². The van der Waals surface area contributed by atoms with Crippen LogP contribution in [-0.4, -0.2) is 12.0 Å². The van der Waals surface area contributed by atoms with Crippen LogP contribution in [0.25, 0.3) is 0 Å². The zero-order valence-electron chi connectivity index (χ0n) is 13.0. The molecule has 1 atom stereocenters. The van der Waals surface area contributed by atoms with E-state index in [0.29, 0.717) is 11.6 Å². The van der Waals surface area contributed by atoms with E-state index >= 15 is 0 Å². The van der Waals surface area contributed by atoms with Crippen molar-refractivity contribution in [3.8, 4) is 5.75 Å². The van der Waals surface area contributed by atoms with Crippen LogP contribution in [-0.2, 0) is 11.3 Å². The van der Waals surface area contributed by atoms with E-state index in [1.807, 2.05) is 50.2 Å². The van der Waals surface area contributed by atoms with Crippen molar-refractivity contribution in [1.29, 1.82) is 0 Å². The van der Waals surface area contributed by atoms with E-state index in [1.54, 1.807) is 13.0 Å². The first-order valence-corrected chi connectivity index (χ1v) is 7.60. The number of hydrogen-bond donors (Lipinski definition) is 1. The van der Waals surface area contributed by atoms with Gasteiger partial charge in [-0.3, -0.25) is 4.79 Å². The van der Waals surface area contributed by atoms with Crippen molar-refractivity contribution in [2.75, 3.05) is 0 Å². The van der Waals surface area contributed by atoms with Crippen molar-refractivity contribution >= 4 is 17.5 Å². The molecule has 1 N–H and O–H groups in total. The predicted molar refractivity (Wildman–Crippen MR) is 89.3 cm³/mol. The van der Waals surface area contributed by atoms with Crippen LogP contribution in [0, 0.1) is 13.8 Å². The highest BCUT2D eigenvalue weighted by molar-refractivity contribution is 6.31. The van der Waals surface area contributed by atoms with Gasteiger partial charge in [0.25, 0.3) is 5.91 Å². The largest absolute Gasteiger partial charge is 0.481 e. The molecule has 2 aromatic carbocycles. The fourth-order valence-corrected chi connectivity index (χ4v) is 2.35. The van der Waals surface area contributed by atoms with E-state index in [1.165, 1.54) is 5.56 Å². The van der Waals surface area contributed by atoms with Crippen LogP contribution < -0.4 is 10.1 Å². The topological polar surface area (TPSA) is 38.3 Å². The standard InChI is InChI=1S/C18H20ClNO2/c1-12-8-9-17(13(2)10-12)22-14(3)18(21)20-11-15-6-4-5-7-16(15)19/h4-10,14H,11H2,1-3H3,(H,20,21). The summed E-state index contributed by atoms with van der Waals surface area (Å²) >= 11 is 6.07. The van der Waals surface area contributed by atoms with Gasteiger partial charge >= 0.3 is 0 Å². The molecule has 0 spiro atoms. The van der Waals surface area contributed by atoms with Crippen molar-refractivity contribution in [1.82, 2.24) is 5.32 Å². The zero-order valence-corrected chi connectivity index (χ0v) is 13.8. The Hall–Kier alpha value is -2.00. The van der Waals surface area contributed by atoms with Gasteiger partial charge in [-0.1, -0.05) is 47.5 Å². The molecule has 3 nitrogen and oxygen atoms in total. The number of nitrogens with one attached hydrogen (secondary N) is 1. The summed E-state index contributed by atoms with van der Waals surface area (Å²) in [5, 5.41) is 3.49. The fourth-order valence-electron chi connectivity index (χ4n) is 2.14. The van der Waals surface area contributed by atoms with Crippen molar-refractivity contribution in [3.05, 3.63) is 64.2 Å². The molecule has 0 fully saturated rings. The highest BCUT2D eigenvalue weighted by Gasteiger charge is 2.15. The minimum atomic E-state index is -0.566. The molecule has 0 heterocycles. The smallest absolute Gasteiger partial charge is 0.261 e. The second-order valence-electron chi connectivity index (χ2n) is 5.34. The Balaban J connectivity index is 1.93. The van der Waals surface area contributed by atoms with Gasteiger partial charge in [0.15, 0.2) is 6.10 Å². The van der Waals surface area contributed by atoms with Crippen molar-refractivity contribution in [2.24, 2.45) is 0 Å². The summed E-state index contributed by atoms with van der Waals surface area (Å²) in [5.41, 5.74) is 3.07. The number of carbonyl (C=O) groups excluding carboxylic acids is 1. The molecule has 4 heteroatoms. The predicted octanol–water partition coefficient (Wildman–Crippen LogP) is 4.04. The first-order valence-electron chi connectivity index (χ1n) is 7.22. The van der Waals surface area contributed by atoms with E-state index < -0.39 is 6.10 Å². The lowest BCUT2D eigenvalue weighted by Crippen LogP contribution is -2.36. The maximum atomic E-state index is 12.1. The molecular weight excluding hydrogens is 298 g/mol. The molecule has 0 aliphatic rings. The number of ether oxygens (including phenoxy) is 1. The van der Waals surface area contributed by atoms with Gasteiger partial charge in [0, 0.05) is 11.6 Å². The summed E-state index contributed by atoms with van der Waals surface area (Å²) in [4.78, 5) is 12.1. The number of hydrogen-bond acceptors (Lipinski definition) is 2. The van der Waals surface area contributed by atoms with Crippen molar-refractivity contribution < 1.29 is 9.53 Å². The van der Waals surface area contributed by atoms with Gasteiger partial charge in [0.2, 0.25) is 0 Å². The summed E-state index contributed by atoms with van der Waals surface area (Å²) in [5.74, 6) is 0.561. The molecule has 0 aromatic heterocycles. The van der Waals surface area contributed by atoms with Crippen LogP contribution in [0.1, 0.15) is 23.6 Å². The number of carbonyl (C=O) groups is 1. The third kappa shape index (κ3) is 4.25. The van der Waals surface area contributed by atoms with Gasteiger partial charge in [0.1, 0.15) is 5.75 Å². The third-order valence-corrected chi connectivity index (χ3v) is 3.78. The Bertz CT molecular complexity index is 670. The molecule has 1 unspecified atom stereocenters. The van der Waals surface area contributed by atoms with Gasteiger partial charge in [-0.2, -0.15) is 0 Å². The van der Waals surface area contributed by atoms with Crippen LogP contribution in [0.3, 0.4) is 0 Å². The molecule has 1 amide bonds. The molecular formula is C18H20ClNO2. The lowest BCUT2D eigenvalue weighted by atomic mass is 10.1. The molecule has 22 heavy (non-hydrogen) atoms. The molecule has 0 aliphatic heterocycles. The summed E-state index contributed by atoms with van der Waals surface area (Å²) < 4.78 is 5.74. The number of rotatable bonds is 5. The number of aryl methyl sites for hydroxylation is 2. The highest BCUT2D eigenvalue weighted by atomic mass is 35.5. The molecule has 0 saturated heterocycles. The fraction of sp³-hybridized carbons (Fsp3) is 0.278. The Morgan fingerprint density at radius 2 is 1.95 bits per heavy atom. The summed E-state index contributed by atoms with van der Waals surface area (Å²) in [7, 11) is 0. The Labute approximate surface area is 136 Å². The maximum absolute atomic E-state index is 12.1. The van der Waals surface area contributed by atoms with Crippen LogP contribution in [0.5, 0.6) is 5.75 Å². The lowest BCUT2D eigenvalue weighted by Gasteiger charge is -2.17. The second-order valence-corrected chi connectivity index (χ2v) is 5.75. The first-order chi connectivity index (χ1) is 10.5. The molecule has 2 aromatic rings. The van der Waals surface area contributed by atoms with Crippen LogP contribution in [0.15, 0.2) is 42.5 Å². The van der Waals surface area contributed by atoms with Crippen LogP contribution >= 0.6 is 11.6 Å². The molecule has 0 saturated carbocycles. The molecule has 0 radical (unpaired) electrons. The number of halogens is 1. The second kappa shape index (κ2) is 7.32. The average molecular weight is 318 g/mol. The molecule has 2 rings (SSSR count). The van der Waals surface area contributed by atoms with E-state index in [0.717, 1.165) is 16.9 Å². The maximum Gasteiger partial charge on any atom is 0.261 e. The summed E-state index contributed by atoms with van der Waals surface area (Å²) in [6.45, 7) is 6.12. The van der Waals surface area contributed by atoms with Crippen LogP contribution in [0.2, 0.25) is 5.02 Å². The quantitative estimate of drug-likeness (QED) is 0.903. The summed E-state index contributed by atoms with van der Waals surface area (Å²) in [6, 6.07) is 13.3. The molecule has 0 bridgehead atoms. The number of benzene rings is 2. The van der Waals surface area contributed by atoms with Gasteiger partial charge < -0.3 is 10.1 Å². The van der Waals surface area contributed by atoms with E-state index in [4.69, 9.17) is 16.3 Å². The monoisotopic (exact) mass is 317 g/mol. The third-order valence-electron chi connectivity index (χ3n) is 3.41. The van der Waals surface area contributed by atoms with E-state index in [2.05, 4.69) is 5.32 Å². The highest BCUT2D eigenvalue weighted by Crippen LogP contribution is 2.20. The number of amides is 1. The minimum absolute atomic E-state index is 0.167. The Kier molecular flexibility index (Phi) is 5.45. The average Bonchev–Trinajstić information content (AvgIpc) is 2.49. The van der Waals surface area contributed by atoms with Gasteiger partial charge in [-0.25, -0.2) is 0 Å². The van der Waals surface area contributed by atoms with Crippen molar-refractivity contribution in [2.45, 2.75) is 33.4 Å². The van der Waals surface area contributed by atoms with Crippen LogP contribution in [0.4, 0.5) is 0 Å². The Morgan fingerprint density at radius 1 is 1.23 bits per heavy atom. The van der Waals surface area contributed by atoms with E-state index in [-0.39, 0.29) is 5.91 Å². The molecule has 116 valence electrons. The van der Waals surface area contributed by atoms with Gasteiger partial charge in [-0.05, 0) is 44.0 Å². The SMILES string of the molecule is Cc1ccc(OC(C)C(=O)NCc2ccccc2Cl)c(C)c1. The summed E-state index contributed by atoms with van der Waals surface area (Å²) in [6.07, 6.45) is -0.566.